The fourth-order valence-corrected chi connectivity index (χ4v) is 3.82. The number of hydrogen-bond acceptors (Lipinski definition) is 3. The van der Waals surface area contributed by atoms with Gasteiger partial charge in [-0.1, -0.05) is 49.4 Å². The lowest BCUT2D eigenvalue weighted by Crippen LogP contribution is -2.23. The highest BCUT2D eigenvalue weighted by molar-refractivity contribution is 5.43. The van der Waals surface area contributed by atoms with Gasteiger partial charge in [-0.15, -0.1) is 0 Å². The van der Waals surface area contributed by atoms with Gasteiger partial charge in [0.1, 0.15) is 0 Å². The van der Waals surface area contributed by atoms with E-state index in [2.05, 4.69) is 60.2 Å². The summed E-state index contributed by atoms with van der Waals surface area (Å²) in [6.45, 7) is 4.30. The Kier molecular flexibility index (Phi) is 5.04. The van der Waals surface area contributed by atoms with Gasteiger partial charge in [0.05, 0.1) is 0 Å². The van der Waals surface area contributed by atoms with Gasteiger partial charge in [-0.3, -0.25) is 0 Å². The van der Waals surface area contributed by atoms with E-state index in [-0.39, 0.29) is 0 Å². The number of rotatable bonds is 6. The highest BCUT2D eigenvalue weighted by Crippen LogP contribution is 2.36. The van der Waals surface area contributed by atoms with Gasteiger partial charge >= 0.3 is 0 Å². The molecular weight excluding hydrogens is 308 g/mol. The maximum absolute atomic E-state index is 5.71. The average Bonchev–Trinajstić information content (AvgIpc) is 3.49. The summed E-state index contributed by atoms with van der Waals surface area (Å²) in [5.74, 6) is 2.25. The third kappa shape index (κ3) is 3.88. The predicted molar refractivity (Wildman–Crippen MR) is 102 cm³/mol. The molecule has 1 saturated carbocycles. The van der Waals surface area contributed by atoms with Crippen molar-refractivity contribution in [1.82, 2.24) is 10.8 Å². The summed E-state index contributed by atoms with van der Waals surface area (Å²) >= 11 is 0. The Hall–Kier alpha value is -1.84. The second-order valence-electron chi connectivity index (χ2n) is 7.36. The van der Waals surface area contributed by atoms with Crippen LogP contribution in [0.3, 0.4) is 0 Å². The molecule has 3 nitrogen and oxygen atoms in total. The largest absolute Gasteiger partial charge is 0.408 e. The number of fused-ring (bicyclic) bond motifs is 1. The van der Waals surface area contributed by atoms with Gasteiger partial charge < -0.3 is 10.2 Å². The van der Waals surface area contributed by atoms with E-state index in [1.165, 1.54) is 29.5 Å². The minimum absolute atomic E-state index is 0.382. The summed E-state index contributed by atoms with van der Waals surface area (Å²) in [4.78, 5) is 5.71. The van der Waals surface area contributed by atoms with Crippen LogP contribution in [-0.4, -0.2) is 13.1 Å². The van der Waals surface area contributed by atoms with E-state index in [0.29, 0.717) is 12.0 Å². The molecule has 4 rings (SSSR count). The second kappa shape index (κ2) is 7.59. The Labute approximate surface area is 150 Å². The smallest absolute Gasteiger partial charge is 0.150 e. The first-order chi connectivity index (χ1) is 12.3. The molecule has 2 aromatic carbocycles. The average molecular weight is 336 g/mol. The third-order valence-electron chi connectivity index (χ3n) is 5.49. The van der Waals surface area contributed by atoms with Crippen LogP contribution in [0.1, 0.15) is 61.3 Å². The molecule has 132 valence electrons. The van der Waals surface area contributed by atoms with Crippen molar-refractivity contribution >= 4 is 0 Å². The molecule has 1 unspecified atom stereocenters. The normalized spacial score (nSPS) is 21.1. The zero-order chi connectivity index (χ0) is 17.1. The molecule has 0 bridgehead atoms. The summed E-state index contributed by atoms with van der Waals surface area (Å²) in [7, 11) is 0. The first-order valence-corrected chi connectivity index (χ1v) is 9.67. The first-order valence-electron chi connectivity index (χ1n) is 9.67. The van der Waals surface area contributed by atoms with E-state index in [9.17, 15) is 0 Å². The fourth-order valence-electron chi connectivity index (χ4n) is 3.82. The van der Waals surface area contributed by atoms with Gasteiger partial charge in [0, 0.05) is 24.1 Å². The molecule has 0 amide bonds. The van der Waals surface area contributed by atoms with Gasteiger partial charge in [-0.25, -0.2) is 0 Å². The lowest BCUT2D eigenvalue weighted by molar-refractivity contribution is 0.201. The number of nitrogens with one attached hydrogen (secondary N) is 2. The SMILES string of the molecule is CC[C@H](NCC1CC1)c1cccc(C2CCNOc3ccccc32)c1. The zero-order valence-electron chi connectivity index (χ0n) is 15.0. The van der Waals surface area contributed by atoms with Crippen molar-refractivity contribution in [2.45, 2.75) is 44.6 Å². The van der Waals surface area contributed by atoms with Gasteiger partial charge in [0.15, 0.2) is 5.75 Å². The summed E-state index contributed by atoms with van der Waals surface area (Å²) in [5.41, 5.74) is 7.17. The molecule has 1 aliphatic carbocycles. The zero-order valence-corrected chi connectivity index (χ0v) is 15.0. The lowest BCUT2D eigenvalue weighted by Gasteiger charge is -2.21. The molecule has 25 heavy (non-hydrogen) atoms. The number of para-hydroxylation sites is 1. The molecule has 3 heteroatoms. The van der Waals surface area contributed by atoms with Gasteiger partial charge in [0.25, 0.3) is 0 Å². The highest BCUT2D eigenvalue weighted by atomic mass is 16.6. The Morgan fingerprint density at radius 1 is 1.12 bits per heavy atom. The Balaban J connectivity index is 1.60. The molecule has 2 aromatic rings. The van der Waals surface area contributed by atoms with E-state index < -0.39 is 0 Å². The maximum atomic E-state index is 5.71. The van der Waals surface area contributed by atoms with Crippen molar-refractivity contribution < 1.29 is 4.84 Å². The molecule has 1 aliphatic heterocycles. The molecule has 1 heterocycles. The molecule has 0 radical (unpaired) electrons. The third-order valence-corrected chi connectivity index (χ3v) is 5.49. The first kappa shape index (κ1) is 16.6. The van der Waals surface area contributed by atoms with E-state index in [1.807, 2.05) is 6.07 Å². The van der Waals surface area contributed by atoms with Crippen molar-refractivity contribution in [2.24, 2.45) is 5.92 Å². The molecule has 2 N–H and O–H groups in total. The fraction of sp³-hybridized carbons (Fsp3) is 0.455. The topological polar surface area (TPSA) is 33.3 Å². The molecule has 0 spiro atoms. The van der Waals surface area contributed by atoms with Crippen LogP contribution in [0.15, 0.2) is 48.5 Å². The van der Waals surface area contributed by atoms with E-state index in [1.54, 1.807) is 0 Å². The van der Waals surface area contributed by atoms with Crippen LogP contribution < -0.4 is 15.6 Å². The second-order valence-corrected chi connectivity index (χ2v) is 7.36. The Morgan fingerprint density at radius 2 is 2.00 bits per heavy atom. The summed E-state index contributed by atoms with van der Waals surface area (Å²) in [6.07, 6.45) is 4.97. The molecule has 2 atom stereocenters. The monoisotopic (exact) mass is 336 g/mol. The Bertz CT molecular complexity index is 711. The van der Waals surface area contributed by atoms with Crippen LogP contribution in [0.2, 0.25) is 0 Å². The minimum Gasteiger partial charge on any atom is -0.408 e. The molecule has 0 aromatic heterocycles. The van der Waals surface area contributed by atoms with Crippen LogP contribution in [-0.2, 0) is 0 Å². The van der Waals surface area contributed by atoms with Crippen molar-refractivity contribution in [3.8, 4) is 5.75 Å². The minimum atomic E-state index is 0.382. The number of hydroxylamine groups is 1. The van der Waals surface area contributed by atoms with Crippen LogP contribution in [0.5, 0.6) is 5.75 Å². The maximum Gasteiger partial charge on any atom is 0.150 e. The van der Waals surface area contributed by atoms with E-state index in [0.717, 1.165) is 37.6 Å². The van der Waals surface area contributed by atoms with Gasteiger partial charge in [0.2, 0.25) is 0 Å². The molecule has 2 aliphatic rings. The van der Waals surface area contributed by atoms with Crippen molar-refractivity contribution in [3.05, 3.63) is 65.2 Å². The van der Waals surface area contributed by atoms with Crippen LogP contribution in [0.25, 0.3) is 0 Å². The quantitative estimate of drug-likeness (QED) is 0.811. The van der Waals surface area contributed by atoms with Crippen LogP contribution in [0, 0.1) is 5.92 Å². The van der Waals surface area contributed by atoms with Crippen LogP contribution in [0.4, 0.5) is 0 Å². The molecular formula is C22H28N2O. The molecule has 0 saturated heterocycles. The van der Waals surface area contributed by atoms with Crippen LogP contribution >= 0.6 is 0 Å². The predicted octanol–water partition coefficient (Wildman–Crippen LogP) is 4.56. The van der Waals surface area contributed by atoms with Crippen molar-refractivity contribution in [1.29, 1.82) is 0 Å². The summed E-state index contributed by atoms with van der Waals surface area (Å²) < 4.78 is 0. The Morgan fingerprint density at radius 3 is 2.84 bits per heavy atom. The molecule has 1 fully saturated rings. The number of benzene rings is 2. The van der Waals surface area contributed by atoms with Crippen molar-refractivity contribution in [2.75, 3.05) is 13.1 Å². The summed E-state index contributed by atoms with van der Waals surface area (Å²) in [6, 6.07) is 18.0. The highest BCUT2D eigenvalue weighted by Gasteiger charge is 2.24. The van der Waals surface area contributed by atoms with E-state index in [4.69, 9.17) is 4.84 Å². The standard InChI is InChI=1S/C22H28N2O/c1-2-21(23-15-16-10-11-16)18-7-5-6-17(14-18)19-12-13-24-25-22-9-4-3-8-20(19)22/h3-9,14,16,19,21,23-24H,2,10-13,15H2,1H3/t19?,21-/m0/s1. The van der Waals surface area contributed by atoms with E-state index >= 15 is 0 Å². The lowest BCUT2D eigenvalue weighted by atomic mass is 9.86. The summed E-state index contributed by atoms with van der Waals surface area (Å²) in [5, 5.41) is 3.77. The van der Waals surface area contributed by atoms with Gasteiger partial charge in [-0.2, -0.15) is 5.48 Å². The van der Waals surface area contributed by atoms with Crippen molar-refractivity contribution in [3.63, 3.8) is 0 Å². The number of hydrogen-bond donors (Lipinski definition) is 2. The van der Waals surface area contributed by atoms with Gasteiger partial charge in [-0.05, 0) is 55.3 Å².